The van der Waals surface area contributed by atoms with Crippen LogP contribution in [0.5, 0.6) is 0 Å². The molecule has 1 aliphatic heterocycles. The molecule has 0 spiro atoms. The molecule has 0 radical (unpaired) electrons. The molecule has 4 N–H and O–H groups in total. The first-order chi connectivity index (χ1) is 17.4. The summed E-state index contributed by atoms with van der Waals surface area (Å²) in [6.07, 6.45) is 3.34. The van der Waals surface area contributed by atoms with Crippen LogP contribution < -0.4 is 10.6 Å². The summed E-state index contributed by atoms with van der Waals surface area (Å²) in [7, 11) is 1.70. The monoisotopic (exact) mass is 489 g/mol. The van der Waals surface area contributed by atoms with Crippen LogP contribution in [0, 0.1) is 13.8 Å². The second kappa shape index (κ2) is 9.57. The summed E-state index contributed by atoms with van der Waals surface area (Å²) in [5.41, 5.74) is 4.57. The second-order valence-electron chi connectivity index (χ2n) is 8.94. The molecule has 36 heavy (non-hydrogen) atoms. The minimum absolute atomic E-state index is 0.419. The number of likely N-dealkylation sites (N-methyl/N-ethyl adjacent to an activating group) is 1. The summed E-state index contributed by atoms with van der Waals surface area (Å²) >= 11 is 0. The number of rotatable bonds is 7. The van der Waals surface area contributed by atoms with Crippen molar-refractivity contribution >= 4 is 23.4 Å². The summed E-state index contributed by atoms with van der Waals surface area (Å²) in [4.78, 5) is 35.5. The number of hydrogen-bond donors (Lipinski definition) is 4. The summed E-state index contributed by atoms with van der Waals surface area (Å²) in [6, 6.07) is 5.85. The summed E-state index contributed by atoms with van der Waals surface area (Å²) in [6.45, 7) is 4.36. The predicted molar refractivity (Wildman–Crippen MR) is 131 cm³/mol. The third-order valence-corrected chi connectivity index (χ3v) is 6.32. The van der Waals surface area contributed by atoms with Crippen LogP contribution in [-0.4, -0.2) is 76.4 Å². The van der Waals surface area contributed by atoms with Gasteiger partial charge in [0.15, 0.2) is 22.8 Å². The molecule has 1 aliphatic rings. The SMILES string of the molecule is Cc1cncc(-c2nc(NCc3cc(C)ccn3)c3ncn([C@H]4[C@H](O)[C@H](O)[C@@H](NC=O)N4C)c3n2)c1. The van der Waals surface area contributed by atoms with Crippen molar-refractivity contribution in [2.75, 3.05) is 12.4 Å². The van der Waals surface area contributed by atoms with Crippen LogP contribution in [0.15, 0.2) is 43.1 Å². The number of amides is 1. The fraction of sp³-hybridized carbons (Fsp3) is 0.333. The average Bonchev–Trinajstić information content (AvgIpc) is 3.37. The van der Waals surface area contributed by atoms with Crippen molar-refractivity contribution in [2.45, 2.75) is 44.9 Å². The number of fused-ring (bicyclic) bond motifs is 1. The van der Waals surface area contributed by atoms with Crippen molar-refractivity contribution in [1.29, 1.82) is 0 Å². The molecular weight excluding hydrogens is 462 g/mol. The lowest BCUT2D eigenvalue weighted by Gasteiger charge is -2.26. The third-order valence-electron chi connectivity index (χ3n) is 6.32. The molecule has 4 atom stereocenters. The van der Waals surface area contributed by atoms with Crippen molar-refractivity contribution in [2.24, 2.45) is 0 Å². The number of likely N-dealkylation sites (tertiary alicyclic amines) is 1. The van der Waals surface area contributed by atoms with Crippen LogP contribution in [0.1, 0.15) is 23.0 Å². The summed E-state index contributed by atoms with van der Waals surface area (Å²) in [5.74, 6) is 0.926. The minimum Gasteiger partial charge on any atom is -0.387 e. The van der Waals surface area contributed by atoms with E-state index in [-0.39, 0.29) is 0 Å². The van der Waals surface area contributed by atoms with E-state index in [1.54, 1.807) is 41.4 Å². The third kappa shape index (κ3) is 4.26. The van der Waals surface area contributed by atoms with Gasteiger partial charge >= 0.3 is 0 Å². The molecular formula is C24H27N9O3. The quantitative estimate of drug-likeness (QED) is 0.273. The Labute approximate surface area is 207 Å². The lowest BCUT2D eigenvalue weighted by atomic mass is 10.2. The maximum absolute atomic E-state index is 11.1. The molecule has 1 amide bonds. The van der Waals surface area contributed by atoms with Crippen LogP contribution in [0.25, 0.3) is 22.6 Å². The number of aliphatic hydroxyl groups excluding tert-OH is 2. The molecule has 12 nitrogen and oxygen atoms in total. The van der Waals surface area contributed by atoms with Crippen molar-refractivity contribution in [3.8, 4) is 11.4 Å². The summed E-state index contributed by atoms with van der Waals surface area (Å²) in [5, 5.41) is 27.3. The van der Waals surface area contributed by atoms with Gasteiger partial charge in [0.2, 0.25) is 6.41 Å². The lowest BCUT2D eigenvalue weighted by Crippen LogP contribution is -2.45. The van der Waals surface area contributed by atoms with E-state index >= 15 is 0 Å². The van der Waals surface area contributed by atoms with Gasteiger partial charge in [-0.25, -0.2) is 15.0 Å². The number of aliphatic hydroxyl groups is 2. The molecule has 0 aromatic carbocycles. The van der Waals surface area contributed by atoms with E-state index < -0.39 is 24.5 Å². The van der Waals surface area contributed by atoms with E-state index in [9.17, 15) is 15.0 Å². The van der Waals surface area contributed by atoms with Gasteiger partial charge in [-0.2, -0.15) is 0 Å². The van der Waals surface area contributed by atoms with Gasteiger partial charge in [-0.3, -0.25) is 24.2 Å². The number of aromatic nitrogens is 6. The Morgan fingerprint density at radius 1 is 1.08 bits per heavy atom. The normalized spacial score (nSPS) is 22.1. The molecule has 0 unspecified atom stereocenters. The zero-order valence-corrected chi connectivity index (χ0v) is 20.1. The number of hydrogen-bond acceptors (Lipinski definition) is 10. The number of carbonyl (C=O) groups is 1. The molecule has 0 aliphatic carbocycles. The number of imidazole rings is 1. The van der Waals surface area contributed by atoms with Crippen molar-refractivity contribution in [3.05, 3.63) is 59.9 Å². The maximum Gasteiger partial charge on any atom is 0.208 e. The van der Waals surface area contributed by atoms with Crippen molar-refractivity contribution in [3.63, 3.8) is 0 Å². The highest BCUT2D eigenvalue weighted by Crippen LogP contribution is 2.34. The van der Waals surface area contributed by atoms with Gasteiger partial charge in [0.05, 0.1) is 18.6 Å². The zero-order valence-electron chi connectivity index (χ0n) is 20.1. The van der Waals surface area contributed by atoms with Crippen molar-refractivity contribution in [1.82, 2.24) is 39.7 Å². The maximum atomic E-state index is 11.1. The van der Waals surface area contributed by atoms with Gasteiger partial charge in [-0.15, -0.1) is 0 Å². The molecule has 4 aromatic heterocycles. The van der Waals surface area contributed by atoms with Crippen LogP contribution in [-0.2, 0) is 11.3 Å². The smallest absolute Gasteiger partial charge is 0.208 e. The van der Waals surface area contributed by atoms with Gasteiger partial charge in [0.1, 0.15) is 24.5 Å². The van der Waals surface area contributed by atoms with E-state index in [4.69, 9.17) is 9.97 Å². The van der Waals surface area contributed by atoms with Gasteiger partial charge in [0.25, 0.3) is 0 Å². The van der Waals surface area contributed by atoms with E-state index in [2.05, 4.69) is 25.6 Å². The molecule has 1 fully saturated rings. The number of nitrogens with one attached hydrogen (secondary N) is 2. The first-order valence-corrected chi connectivity index (χ1v) is 11.5. The van der Waals surface area contributed by atoms with Crippen molar-refractivity contribution < 1.29 is 15.0 Å². The average molecular weight is 490 g/mol. The van der Waals surface area contributed by atoms with E-state index in [0.717, 1.165) is 22.4 Å². The molecule has 5 heterocycles. The highest BCUT2D eigenvalue weighted by atomic mass is 16.3. The molecule has 5 rings (SSSR count). The Kier molecular flexibility index (Phi) is 6.31. The van der Waals surface area contributed by atoms with E-state index in [0.29, 0.717) is 35.8 Å². The largest absolute Gasteiger partial charge is 0.387 e. The van der Waals surface area contributed by atoms with Crippen LogP contribution in [0.4, 0.5) is 5.82 Å². The number of anilines is 1. The first kappa shape index (κ1) is 23.7. The number of pyridine rings is 2. The fourth-order valence-electron chi connectivity index (χ4n) is 4.57. The van der Waals surface area contributed by atoms with Gasteiger partial charge in [-0.05, 0) is 50.2 Å². The Bertz CT molecular complexity index is 1410. The number of aryl methyl sites for hydroxylation is 2. The Morgan fingerprint density at radius 2 is 1.92 bits per heavy atom. The molecule has 1 saturated heterocycles. The molecule has 186 valence electrons. The van der Waals surface area contributed by atoms with E-state index in [1.807, 2.05) is 32.0 Å². The molecule has 0 bridgehead atoms. The van der Waals surface area contributed by atoms with Gasteiger partial charge in [0, 0.05) is 24.2 Å². The Morgan fingerprint density at radius 3 is 2.67 bits per heavy atom. The second-order valence-corrected chi connectivity index (χ2v) is 8.94. The molecule has 0 saturated carbocycles. The van der Waals surface area contributed by atoms with Crippen LogP contribution in [0.3, 0.4) is 0 Å². The Balaban J connectivity index is 1.61. The topological polar surface area (TPSA) is 154 Å². The van der Waals surface area contributed by atoms with Crippen LogP contribution >= 0.6 is 0 Å². The molecule has 12 heteroatoms. The minimum atomic E-state index is -1.20. The fourth-order valence-corrected chi connectivity index (χ4v) is 4.57. The molecule has 4 aromatic rings. The lowest BCUT2D eigenvalue weighted by molar-refractivity contribution is -0.112. The highest BCUT2D eigenvalue weighted by Gasteiger charge is 2.47. The highest BCUT2D eigenvalue weighted by molar-refractivity contribution is 5.85. The van der Waals surface area contributed by atoms with E-state index in [1.165, 1.54) is 0 Å². The number of carbonyl (C=O) groups excluding carboxylic acids is 1. The van der Waals surface area contributed by atoms with Gasteiger partial charge < -0.3 is 20.8 Å². The first-order valence-electron chi connectivity index (χ1n) is 11.5. The standard InChI is InChI=1S/C24H27N9O3/c1-13-4-5-26-16(7-13)10-27-21-17-22(31-20(30-21)15-6-14(2)8-25-9-15)33(11-28-17)24-19(36)18(35)23(29-12-34)32(24)3/h4-9,11-12,18-19,23-24,35-36H,10H2,1-3H3,(H,29,34)(H,27,30,31)/t18-,19+,23-,24-/m0/s1. The van der Waals surface area contributed by atoms with Gasteiger partial charge in [-0.1, -0.05) is 0 Å². The zero-order chi connectivity index (χ0) is 25.4. The number of nitrogens with zero attached hydrogens (tertiary/aromatic N) is 7. The van der Waals surface area contributed by atoms with Crippen LogP contribution in [0.2, 0.25) is 0 Å². The Hall–Kier alpha value is -4.00. The predicted octanol–water partition coefficient (Wildman–Crippen LogP) is 0.750. The summed E-state index contributed by atoms with van der Waals surface area (Å²) < 4.78 is 1.68.